The number of nitrogens with one attached hydrogen (secondary N) is 2. The van der Waals surface area contributed by atoms with Gasteiger partial charge in [0, 0.05) is 17.6 Å². The second-order valence-corrected chi connectivity index (χ2v) is 7.06. The van der Waals surface area contributed by atoms with Gasteiger partial charge in [0.1, 0.15) is 5.54 Å². The van der Waals surface area contributed by atoms with E-state index in [4.69, 9.17) is 5.73 Å². The molecule has 5 nitrogen and oxygen atoms in total. The summed E-state index contributed by atoms with van der Waals surface area (Å²) in [7, 11) is 0. The SMILES string of the molecule is CC(N)(C(=O)NCCNC(=O)c1cccs1)c1ccc(Br)cc1.Cl. The zero-order chi connectivity index (χ0) is 16.9. The van der Waals surface area contributed by atoms with E-state index >= 15 is 0 Å². The van der Waals surface area contributed by atoms with E-state index in [1.807, 2.05) is 35.7 Å². The predicted molar refractivity (Wildman–Crippen MR) is 103 cm³/mol. The van der Waals surface area contributed by atoms with Crippen LogP contribution in [0.2, 0.25) is 0 Å². The second-order valence-electron chi connectivity index (χ2n) is 5.20. The van der Waals surface area contributed by atoms with Crippen molar-refractivity contribution < 1.29 is 9.59 Å². The molecule has 1 heterocycles. The molecule has 0 aliphatic rings. The van der Waals surface area contributed by atoms with E-state index < -0.39 is 5.54 Å². The summed E-state index contributed by atoms with van der Waals surface area (Å²) in [4.78, 5) is 24.7. The average molecular weight is 433 g/mol. The van der Waals surface area contributed by atoms with E-state index in [-0.39, 0.29) is 24.2 Å². The third-order valence-electron chi connectivity index (χ3n) is 3.36. The Kier molecular flexibility index (Phi) is 7.89. The summed E-state index contributed by atoms with van der Waals surface area (Å²) in [5.41, 5.74) is 5.73. The minimum absolute atomic E-state index is 0. The highest BCUT2D eigenvalue weighted by Gasteiger charge is 2.30. The molecule has 1 unspecified atom stereocenters. The molecule has 0 bridgehead atoms. The number of carbonyl (C=O) groups is 2. The lowest BCUT2D eigenvalue weighted by atomic mass is 9.92. The predicted octanol–water partition coefficient (Wildman–Crippen LogP) is 2.65. The van der Waals surface area contributed by atoms with Crippen LogP contribution >= 0.6 is 39.7 Å². The molecule has 1 aromatic carbocycles. The van der Waals surface area contributed by atoms with Crippen LogP contribution in [-0.4, -0.2) is 24.9 Å². The van der Waals surface area contributed by atoms with E-state index in [1.165, 1.54) is 11.3 Å². The summed E-state index contributed by atoms with van der Waals surface area (Å²) >= 11 is 4.72. The molecule has 1 aromatic heterocycles. The van der Waals surface area contributed by atoms with E-state index in [9.17, 15) is 9.59 Å². The number of thiophene rings is 1. The average Bonchev–Trinajstić information content (AvgIpc) is 3.06. The van der Waals surface area contributed by atoms with Gasteiger partial charge in [0.25, 0.3) is 5.91 Å². The molecular formula is C16H19BrClN3O2S. The highest BCUT2D eigenvalue weighted by molar-refractivity contribution is 9.10. The van der Waals surface area contributed by atoms with Gasteiger partial charge in [-0.3, -0.25) is 9.59 Å². The Labute approximate surface area is 159 Å². The first kappa shape index (κ1) is 20.6. The van der Waals surface area contributed by atoms with E-state index in [0.29, 0.717) is 18.0 Å². The molecular weight excluding hydrogens is 414 g/mol. The summed E-state index contributed by atoms with van der Waals surface area (Å²) in [5, 5.41) is 7.34. The molecule has 0 radical (unpaired) electrons. The van der Waals surface area contributed by atoms with Crippen LogP contribution in [0.5, 0.6) is 0 Å². The fourth-order valence-corrected chi connectivity index (χ4v) is 2.86. The quantitative estimate of drug-likeness (QED) is 0.614. The Morgan fingerprint density at radius 1 is 1.17 bits per heavy atom. The number of hydrogen-bond acceptors (Lipinski definition) is 4. The van der Waals surface area contributed by atoms with Gasteiger partial charge in [-0.2, -0.15) is 0 Å². The summed E-state index contributed by atoms with van der Waals surface area (Å²) in [6.07, 6.45) is 0. The number of hydrogen-bond donors (Lipinski definition) is 3. The van der Waals surface area contributed by atoms with Gasteiger partial charge in [-0.1, -0.05) is 34.1 Å². The van der Waals surface area contributed by atoms with Crippen LogP contribution in [-0.2, 0) is 10.3 Å². The molecule has 0 aliphatic heterocycles. The number of halogens is 2. The van der Waals surface area contributed by atoms with Crippen LogP contribution in [0.15, 0.2) is 46.3 Å². The highest BCUT2D eigenvalue weighted by Crippen LogP contribution is 2.20. The molecule has 0 saturated heterocycles. The number of nitrogens with two attached hydrogens (primary N) is 1. The third-order valence-corrected chi connectivity index (χ3v) is 4.75. The van der Waals surface area contributed by atoms with Crippen LogP contribution in [0, 0.1) is 0 Å². The molecule has 0 fully saturated rings. The van der Waals surface area contributed by atoms with E-state index in [0.717, 1.165) is 10.0 Å². The van der Waals surface area contributed by atoms with Crippen LogP contribution in [0.1, 0.15) is 22.2 Å². The van der Waals surface area contributed by atoms with Gasteiger partial charge in [-0.25, -0.2) is 0 Å². The van der Waals surface area contributed by atoms with Crippen molar-refractivity contribution in [1.82, 2.24) is 10.6 Å². The van der Waals surface area contributed by atoms with Gasteiger partial charge < -0.3 is 16.4 Å². The molecule has 0 saturated carbocycles. The van der Waals surface area contributed by atoms with Gasteiger partial charge in [0.15, 0.2) is 0 Å². The number of rotatable bonds is 6. The summed E-state index contributed by atoms with van der Waals surface area (Å²) in [6, 6.07) is 10.9. The Balaban J connectivity index is 0.00000288. The lowest BCUT2D eigenvalue weighted by Gasteiger charge is -2.24. The van der Waals surface area contributed by atoms with E-state index in [1.54, 1.807) is 13.0 Å². The van der Waals surface area contributed by atoms with Gasteiger partial charge in [-0.05, 0) is 36.1 Å². The molecule has 130 valence electrons. The first-order chi connectivity index (χ1) is 10.9. The molecule has 2 amide bonds. The van der Waals surface area contributed by atoms with Crippen molar-refractivity contribution in [3.63, 3.8) is 0 Å². The zero-order valence-electron chi connectivity index (χ0n) is 13.0. The van der Waals surface area contributed by atoms with Crippen LogP contribution in [0.25, 0.3) is 0 Å². The van der Waals surface area contributed by atoms with E-state index in [2.05, 4.69) is 26.6 Å². The Morgan fingerprint density at radius 2 is 1.79 bits per heavy atom. The van der Waals surface area contributed by atoms with Crippen molar-refractivity contribution in [2.75, 3.05) is 13.1 Å². The normalized spacial score (nSPS) is 12.6. The Morgan fingerprint density at radius 3 is 2.38 bits per heavy atom. The minimum atomic E-state index is -1.13. The standard InChI is InChI=1S/C16H18BrN3O2S.ClH/c1-16(18,11-4-6-12(17)7-5-11)15(22)20-9-8-19-14(21)13-3-2-10-23-13;/h2-7,10H,8-9,18H2,1H3,(H,19,21)(H,20,22);1H. The molecule has 1 atom stereocenters. The van der Waals surface area contributed by atoms with Gasteiger partial charge in [0.2, 0.25) is 5.91 Å². The lowest BCUT2D eigenvalue weighted by Crippen LogP contribution is -2.50. The highest BCUT2D eigenvalue weighted by atomic mass is 79.9. The minimum Gasteiger partial charge on any atom is -0.352 e. The lowest BCUT2D eigenvalue weighted by molar-refractivity contribution is -0.126. The topological polar surface area (TPSA) is 84.2 Å². The summed E-state index contributed by atoms with van der Waals surface area (Å²) < 4.78 is 0.925. The number of benzene rings is 1. The van der Waals surface area contributed by atoms with Crippen molar-refractivity contribution in [1.29, 1.82) is 0 Å². The zero-order valence-corrected chi connectivity index (χ0v) is 16.3. The molecule has 0 aliphatic carbocycles. The first-order valence-electron chi connectivity index (χ1n) is 7.06. The van der Waals surface area contributed by atoms with Crippen LogP contribution in [0.3, 0.4) is 0 Å². The van der Waals surface area contributed by atoms with Crippen molar-refractivity contribution in [3.8, 4) is 0 Å². The second kappa shape index (κ2) is 9.17. The van der Waals surface area contributed by atoms with Crippen molar-refractivity contribution in [2.45, 2.75) is 12.5 Å². The Bertz CT molecular complexity index is 675. The van der Waals surface area contributed by atoms with Crippen molar-refractivity contribution in [3.05, 3.63) is 56.7 Å². The van der Waals surface area contributed by atoms with Crippen LogP contribution < -0.4 is 16.4 Å². The maximum atomic E-state index is 12.3. The third kappa shape index (κ3) is 5.31. The first-order valence-corrected chi connectivity index (χ1v) is 8.73. The molecule has 8 heteroatoms. The summed E-state index contributed by atoms with van der Waals surface area (Å²) in [6.45, 7) is 2.33. The van der Waals surface area contributed by atoms with Crippen molar-refractivity contribution >= 4 is 51.5 Å². The largest absolute Gasteiger partial charge is 0.352 e. The fourth-order valence-electron chi connectivity index (χ4n) is 1.96. The van der Waals surface area contributed by atoms with Crippen LogP contribution in [0.4, 0.5) is 0 Å². The molecule has 2 aromatic rings. The molecule has 0 spiro atoms. The smallest absolute Gasteiger partial charge is 0.261 e. The number of amides is 2. The monoisotopic (exact) mass is 431 g/mol. The molecule has 2 rings (SSSR count). The fraction of sp³-hybridized carbons (Fsp3) is 0.250. The van der Waals surface area contributed by atoms with Gasteiger partial charge in [-0.15, -0.1) is 23.7 Å². The van der Waals surface area contributed by atoms with Gasteiger partial charge in [0.05, 0.1) is 4.88 Å². The molecule has 4 N–H and O–H groups in total. The molecule has 24 heavy (non-hydrogen) atoms. The van der Waals surface area contributed by atoms with Crippen molar-refractivity contribution in [2.24, 2.45) is 5.73 Å². The summed E-state index contributed by atoms with van der Waals surface area (Å²) in [5.74, 6) is -0.428. The number of carbonyl (C=O) groups excluding carboxylic acids is 2. The maximum absolute atomic E-state index is 12.3. The van der Waals surface area contributed by atoms with Gasteiger partial charge >= 0.3 is 0 Å². The Hall–Kier alpha value is -1.41. The maximum Gasteiger partial charge on any atom is 0.261 e.